The van der Waals surface area contributed by atoms with Crippen molar-refractivity contribution in [2.45, 2.75) is 25.9 Å². The molecule has 7 nitrogen and oxygen atoms in total. The lowest BCUT2D eigenvalue weighted by Crippen LogP contribution is -2.28. The number of benzene rings is 1. The fourth-order valence-electron chi connectivity index (χ4n) is 1.81. The SMILES string of the molecule is CCC(O)CCNC(=O)c1cc(Cl)ccc1-n1cnnn1. The van der Waals surface area contributed by atoms with Crippen LogP contribution in [0.15, 0.2) is 24.5 Å². The van der Waals surface area contributed by atoms with Gasteiger partial charge in [0.2, 0.25) is 0 Å². The molecule has 1 amide bonds. The average Bonchev–Trinajstić information content (AvgIpc) is 3.00. The van der Waals surface area contributed by atoms with Crippen molar-refractivity contribution in [3.8, 4) is 5.69 Å². The van der Waals surface area contributed by atoms with E-state index in [1.54, 1.807) is 18.2 Å². The van der Waals surface area contributed by atoms with Gasteiger partial charge in [-0.3, -0.25) is 4.79 Å². The van der Waals surface area contributed by atoms with Crippen LogP contribution in [0.2, 0.25) is 5.02 Å². The van der Waals surface area contributed by atoms with Gasteiger partial charge in [0.05, 0.1) is 17.4 Å². The predicted molar refractivity (Wildman–Crippen MR) is 77.4 cm³/mol. The third-order valence-corrected chi connectivity index (χ3v) is 3.27. The lowest BCUT2D eigenvalue weighted by atomic mass is 10.1. The molecular formula is C13H16ClN5O2. The molecule has 0 fully saturated rings. The van der Waals surface area contributed by atoms with E-state index < -0.39 is 6.10 Å². The molecule has 1 unspecified atom stereocenters. The third-order valence-electron chi connectivity index (χ3n) is 3.03. The van der Waals surface area contributed by atoms with Crippen LogP contribution in [0.3, 0.4) is 0 Å². The van der Waals surface area contributed by atoms with Crippen LogP contribution >= 0.6 is 11.6 Å². The van der Waals surface area contributed by atoms with Gasteiger partial charge in [-0.2, -0.15) is 4.68 Å². The zero-order valence-electron chi connectivity index (χ0n) is 11.5. The van der Waals surface area contributed by atoms with Crippen molar-refractivity contribution in [3.63, 3.8) is 0 Å². The van der Waals surface area contributed by atoms with E-state index in [1.807, 2.05) is 6.92 Å². The summed E-state index contributed by atoms with van der Waals surface area (Å²) in [4.78, 5) is 12.2. The molecular weight excluding hydrogens is 294 g/mol. The summed E-state index contributed by atoms with van der Waals surface area (Å²) in [5.74, 6) is -0.286. The minimum atomic E-state index is -0.413. The molecule has 0 aliphatic carbocycles. The van der Waals surface area contributed by atoms with E-state index in [1.165, 1.54) is 11.0 Å². The zero-order valence-corrected chi connectivity index (χ0v) is 12.3. The normalized spacial score (nSPS) is 12.1. The maximum absolute atomic E-state index is 12.2. The number of amides is 1. The molecule has 0 radical (unpaired) electrons. The number of aromatic nitrogens is 4. The predicted octanol–water partition coefficient (Wildman–Crippen LogP) is 1.21. The summed E-state index contributed by atoms with van der Waals surface area (Å²) >= 11 is 5.95. The summed E-state index contributed by atoms with van der Waals surface area (Å²) in [5, 5.41) is 23.6. The van der Waals surface area contributed by atoms with E-state index >= 15 is 0 Å². The van der Waals surface area contributed by atoms with Crippen LogP contribution in [-0.2, 0) is 0 Å². The number of hydrogen-bond donors (Lipinski definition) is 2. The summed E-state index contributed by atoms with van der Waals surface area (Å²) in [6.07, 6.45) is 2.15. The smallest absolute Gasteiger partial charge is 0.253 e. The Morgan fingerprint density at radius 3 is 3.00 bits per heavy atom. The van der Waals surface area contributed by atoms with Crippen LogP contribution in [0.4, 0.5) is 0 Å². The highest BCUT2D eigenvalue weighted by molar-refractivity contribution is 6.31. The first-order valence-corrected chi connectivity index (χ1v) is 6.98. The molecule has 0 spiro atoms. The van der Waals surface area contributed by atoms with Crippen LogP contribution in [0.25, 0.3) is 5.69 Å². The molecule has 1 aromatic heterocycles. The van der Waals surface area contributed by atoms with Gasteiger partial charge in [0, 0.05) is 11.6 Å². The lowest BCUT2D eigenvalue weighted by Gasteiger charge is -2.11. The number of carbonyl (C=O) groups excluding carboxylic acids is 1. The average molecular weight is 310 g/mol. The molecule has 1 aromatic carbocycles. The van der Waals surface area contributed by atoms with Crippen molar-refractivity contribution >= 4 is 17.5 Å². The Balaban J connectivity index is 2.14. The first-order valence-electron chi connectivity index (χ1n) is 6.61. The van der Waals surface area contributed by atoms with Crippen molar-refractivity contribution in [1.29, 1.82) is 0 Å². The highest BCUT2D eigenvalue weighted by Gasteiger charge is 2.14. The molecule has 0 saturated carbocycles. The van der Waals surface area contributed by atoms with Crippen molar-refractivity contribution < 1.29 is 9.90 Å². The Morgan fingerprint density at radius 1 is 1.52 bits per heavy atom. The molecule has 2 N–H and O–H groups in total. The Labute approximate surface area is 126 Å². The van der Waals surface area contributed by atoms with Gasteiger partial charge >= 0.3 is 0 Å². The molecule has 1 heterocycles. The topological polar surface area (TPSA) is 92.9 Å². The van der Waals surface area contributed by atoms with Gasteiger partial charge in [-0.25, -0.2) is 0 Å². The quantitative estimate of drug-likeness (QED) is 0.836. The fraction of sp³-hybridized carbons (Fsp3) is 0.385. The van der Waals surface area contributed by atoms with E-state index in [-0.39, 0.29) is 5.91 Å². The van der Waals surface area contributed by atoms with Crippen LogP contribution in [0.1, 0.15) is 30.1 Å². The van der Waals surface area contributed by atoms with Crippen LogP contribution in [0, 0.1) is 0 Å². The summed E-state index contributed by atoms with van der Waals surface area (Å²) in [6, 6.07) is 4.90. The number of tetrazole rings is 1. The second kappa shape index (κ2) is 7.14. The minimum absolute atomic E-state index is 0.286. The number of aliphatic hydroxyl groups excluding tert-OH is 1. The molecule has 0 bridgehead atoms. The highest BCUT2D eigenvalue weighted by atomic mass is 35.5. The van der Waals surface area contributed by atoms with Crippen LogP contribution in [-0.4, -0.2) is 43.9 Å². The Bertz CT molecular complexity index is 603. The number of hydrogen-bond acceptors (Lipinski definition) is 5. The van der Waals surface area contributed by atoms with Crippen molar-refractivity contribution in [2.24, 2.45) is 0 Å². The Kier molecular flexibility index (Phi) is 5.24. The van der Waals surface area contributed by atoms with Gasteiger partial charge in [-0.05, 0) is 41.5 Å². The van der Waals surface area contributed by atoms with E-state index in [0.717, 1.165) is 0 Å². The number of nitrogens with zero attached hydrogens (tertiary/aromatic N) is 4. The molecule has 1 atom stereocenters. The number of carbonyl (C=O) groups is 1. The number of halogens is 1. The summed E-state index contributed by atoms with van der Waals surface area (Å²) in [5.41, 5.74) is 0.915. The van der Waals surface area contributed by atoms with Crippen molar-refractivity contribution in [1.82, 2.24) is 25.5 Å². The summed E-state index contributed by atoms with van der Waals surface area (Å²) in [6.45, 7) is 2.27. The standard InChI is InChI=1S/C13H16ClN5O2/c1-2-10(20)5-6-15-13(21)11-7-9(14)3-4-12(11)19-8-16-17-18-19/h3-4,7-8,10,20H,2,5-6H2,1H3,(H,15,21). The highest BCUT2D eigenvalue weighted by Crippen LogP contribution is 2.18. The van der Waals surface area contributed by atoms with Gasteiger partial charge in [-0.1, -0.05) is 18.5 Å². The molecule has 0 aliphatic heterocycles. The van der Waals surface area contributed by atoms with Gasteiger partial charge in [0.25, 0.3) is 5.91 Å². The van der Waals surface area contributed by atoms with E-state index in [2.05, 4.69) is 20.8 Å². The van der Waals surface area contributed by atoms with Crippen molar-refractivity contribution in [2.75, 3.05) is 6.54 Å². The summed E-state index contributed by atoms with van der Waals surface area (Å²) < 4.78 is 1.39. The maximum atomic E-state index is 12.2. The number of aliphatic hydroxyl groups is 1. The van der Waals surface area contributed by atoms with E-state index in [4.69, 9.17) is 11.6 Å². The number of nitrogens with one attached hydrogen (secondary N) is 1. The minimum Gasteiger partial charge on any atom is -0.393 e. The first-order chi connectivity index (χ1) is 10.1. The van der Waals surface area contributed by atoms with Gasteiger partial charge in [-0.15, -0.1) is 5.10 Å². The Morgan fingerprint density at radius 2 is 2.33 bits per heavy atom. The molecule has 21 heavy (non-hydrogen) atoms. The van der Waals surface area contributed by atoms with Crippen molar-refractivity contribution in [3.05, 3.63) is 35.1 Å². The summed E-state index contributed by atoms with van der Waals surface area (Å²) in [7, 11) is 0. The third kappa shape index (κ3) is 3.99. The Hall–Kier alpha value is -1.99. The zero-order chi connectivity index (χ0) is 15.2. The van der Waals surface area contributed by atoms with Gasteiger partial charge < -0.3 is 10.4 Å². The maximum Gasteiger partial charge on any atom is 0.253 e. The first kappa shape index (κ1) is 15.4. The monoisotopic (exact) mass is 309 g/mol. The molecule has 112 valence electrons. The van der Waals surface area contributed by atoms with Crippen LogP contribution in [0.5, 0.6) is 0 Å². The van der Waals surface area contributed by atoms with E-state index in [9.17, 15) is 9.90 Å². The molecule has 8 heteroatoms. The molecule has 2 aromatic rings. The van der Waals surface area contributed by atoms with Gasteiger partial charge in [0.15, 0.2) is 0 Å². The largest absolute Gasteiger partial charge is 0.393 e. The number of rotatable bonds is 6. The lowest BCUT2D eigenvalue weighted by molar-refractivity contribution is 0.0942. The van der Waals surface area contributed by atoms with E-state index in [0.29, 0.717) is 35.7 Å². The van der Waals surface area contributed by atoms with Gasteiger partial charge in [0.1, 0.15) is 6.33 Å². The molecule has 0 aliphatic rings. The molecule has 0 saturated heterocycles. The van der Waals surface area contributed by atoms with Crippen LogP contribution < -0.4 is 5.32 Å². The molecule has 2 rings (SSSR count). The second-order valence-electron chi connectivity index (χ2n) is 4.52. The second-order valence-corrected chi connectivity index (χ2v) is 4.96. The fourth-order valence-corrected chi connectivity index (χ4v) is 1.99.